The Bertz CT molecular complexity index is 340. The van der Waals surface area contributed by atoms with Gasteiger partial charge in [0.25, 0.3) is 5.91 Å². The SMILES string of the molecule is O=C1COc2nc(Cl)ccc2N1. The van der Waals surface area contributed by atoms with Gasteiger partial charge in [-0.3, -0.25) is 4.79 Å². The van der Waals surface area contributed by atoms with Gasteiger partial charge in [0.05, 0.1) is 0 Å². The minimum atomic E-state index is -0.174. The predicted octanol–water partition coefficient (Wildman–Crippen LogP) is 1.07. The minimum absolute atomic E-state index is 0.000340. The van der Waals surface area contributed by atoms with Crippen molar-refractivity contribution in [2.45, 2.75) is 0 Å². The summed E-state index contributed by atoms with van der Waals surface area (Å²) in [5.41, 5.74) is 0.565. The molecule has 0 unspecified atom stereocenters. The highest BCUT2D eigenvalue weighted by molar-refractivity contribution is 6.29. The molecule has 62 valence electrons. The Hall–Kier alpha value is -1.29. The summed E-state index contributed by atoms with van der Waals surface area (Å²) in [6.07, 6.45) is 0. The number of halogens is 1. The molecule has 0 fully saturated rings. The molecule has 1 aromatic rings. The molecule has 1 aliphatic rings. The first kappa shape index (κ1) is 7.36. The van der Waals surface area contributed by atoms with Crippen LogP contribution in [0.1, 0.15) is 0 Å². The van der Waals surface area contributed by atoms with Crippen LogP contribution in [0.25, 0.3) is 0 Å². The van der Waals surface area contributed by atoms with Crippen molar-refractivity contribution in [1.29, 1.82) is 0 Å². The molecule has 5 heteroatoms. The van der Waals surface area contributed by atoms with Gasteiger partial charge in [-0.05, 0) is 12.1 Å². The normalized spacial score (nSPS) is 14.6. The van der Waals surface area contributed by atoms with Gasteiger partial charge in [-0.2, -0.15) is 4.98 Å². The topological polar surface area (TPSA) is 51.2 Å². The number of carbonyl (C=O) groups excluding carboxylic acids is 1. The summed E-state index contributed by atoms with van der Waals surface area (Å²) in [4.78, 5) is 14.7. The number of pyridine rings is 1. The molecule has 0 aliphatic carbocycles. The van der Waals surface area contributed by atoms with E-state index in [1.54, 1.807) is 12.1 Å². The molecule has 0 spiro atoms. The van der Waals surface area contributed by atoms with Crippen LogP contribution in [0.15, 0.2) is 12.1 Å². The number of anilines is 1. The molecule has 2 heterocycles. The number of aromatic nitrogens is 1. The van der Waals surface area contributed by atoms with Crippen LogP contribution in [0.3, 0.4) is 0 Å². The second-order valence-electron chi connectivity index (χ2n) is 2.32. The fourth-order valence-corrected chi connectivity index (χ4v) is 1.08. The molecule has 1 aromatic heterocycles. The lowest BCUT2D eigenvalue weighted by atomic mass is 10.3. The van der Waals surface area contributed by atoms with Gasteiger partial charge in [0.1, 0.15) is 10.8 Å². The lowest BCUT2D eigenvalue weighted by Crippen LogP contribution is -2.25. The predicted molar refractivity (Wildman–Crippen MR) is 43.4 cm³/mol. The van der Waals surface area contributed by atoms with Crippen LogP contribution in [0.4, 0.5) is 5.69 Å². The fraction of sp³-hybridized carbons (Fsp3) is 0.143. The molecule has 0 aromatic carbocycles. The monoisotopic (exact) mass is 184 g/mol. The number of rotatable bonds is 0. The van der Waals surface area contributed by atoms with Crippen molar-refractivity contribution in [3.05, 3.63) is 17.3 Å². The van der Waals surface area contributed by atoms with E-state index in [-0.39, 0.29) is 12.5 Å². The van der Waals surface area contributed by atoms with Gasteiger partial charge in [-0.25, -0.2) is 0 Å². The lowest BCUT2D eigenvalue weighted by Gasteiger charge is -2.15. The van der Waals surface area contributed by atoms with E-state index in [2.05, 4.69) is 10.3 Å². The van der Waals surface area contributed by atoms with Gasteiger partial charge in [-0.1, -0.05) is 11.6 Å². The number of carbonyl (C=O) groups is 1. The highest BCUT2D eigenvalue weighted by Crippen LogP contribution is 2.26. The number of amides is 1. The Balaban J connectivity index is 2.43. The van der Waals surface area contributed by atoms with Gasteiger partial charge >= 0.3 is 0 Å². The first-order valence-corrected chi connectivity index (χ1v) is 3.73. The molecule has 4 nitrogen and oxygen atoms in total. The summed E-state index contributed by atoms with van der Waals surface area (Å²) in [6, 6.07) is 3.25. The van der Waals surface area contributed by atoms with Gasteiger partial charge in [0.15, 0.2) is 6.61 Å². The average molecular weight is 185 g/mol. The minimum Gasteiger partial charge on any atom is -0.466 e. The quantitative estimate of drug-likeness (QED) is 0.614. The van der Waals surface area contributed by atoms with Gasteiger partial charge in [-0.15, -0.1) is 0 Å². The van der Waals surface area contributed by atoms with Crippen LogP contribution in [-0.4, -0.2) is 17.5 Å². The maximum Gasteiger partial charge on any atom is 0.262 e. The molecule has 0 saturated heterocycles. The molecule has 2 rings (SSSR count). The highest BCUT2D eigenvalue weighted by atomic mass is 35.5. The molecule has 0 atom stereocenters. The zero-order chi connectivity index (χ0) is 8.55. The van der Waals surface area contributed by atoms with E-state index in [0.717, 1.165) is 0 Å². The van der Waals surface area contributed by atoms with Crippen molar-refractivity contribution in [3.8, 4) is 5.88 Å². The standard InChI is InChI=1S/C7H5ClN2O2/c8-5-2-1-4-7(10-5)12-3-6(11)9-4/h1-2H,3H2,(H,9,11). The summed E-state index contributed by atoms with van der Waals surface area (Å²) in [6.45, 7) is 0.000340. The first-order chi connectivity index (χ1) is 5.75. The van der Waals surface area contributed by atoms with E-state index in [1.165, 1.54) is 0 Å². The van der Waals surface area contributed by atoms with Gasteiger partial charge in [0, 0.05) is 0 Å². The number of hydrogen-bond donors (Lipinski definition) is 1. The van der Waals surface area contributed by atoms with Crippen molar-refractivity contribution >= 4 is 23.2 Å². The van der Waals surface area contributed by atoms with Crippen LogP contribution in [-0.2, 0) is 4.79 Å². The largest absolute Gasteiger partial charge is 0.466 e. The molecule has 0 radical (unpaired) electrons. The van der Waals surface area contributed by atoms with Crippen molar-refractivity contribution in [3.63, 3.8) is 0 Å². The Kier molecular flexibility index (Phi) is 1.62. The molecule has 1 aliphatic heterocycles. The van der Waals surface area contributed by atoms with Crippen LogP contribution in [0, 0.1) is 0 Å². The number of ether oxygens (including phenoxy) is 1. The van der Waals surface area contributed by atoms with Crippen LogP contribution in [0.5, 0.6) is 5.88 Å². The number of nitrogens with one attached hydrogen (secondary N) is 1. The van der Waals surface area contributed by atoms with Crippen LogP contribution >= 0.6 is 11.6 Å². The van der Waals surface area contributed by atoms with E-state index in [1.807, 2.05) is 0 Å². The van der Waals surface area contributed by atoms with Crippen LogP contribution in [0.2, 0.25) is 5.15 Å². The smallest absolute Gasteiger partial charge is 0.262 e. The molecular weight excluding hydrogens is 180 g/mol. The Labute approximate surface area is 73.5 Å². The zero-order valence-corrected chi connectivity index (χ0v) is 6.76. The maximum atomic E-state index is 10.8. The van der Waals surface area contributed by atoms with Crippen molar-refractivity contribution < 1.29 is 9.53 Å². The Morgan fingerprint density at radius 1 is 1.58 bits per heavy atom. The Morgan fingerprint density at radius 3 is 3.25 bits per heavy atom. The average Bonchev–Trinajstić information content (AvgIpc) is 2.05. The van der Waals surface area contributed by atoms with Gasteiger partial charge < -0.3 is 10.1 Å². The van der Waals surface area contributed by atoms with Crippen LogP contribution < -0.4 is 10.1 Å². The Morgan fingerprint density at radius 2 is 2.42 bits per heavy atom. The third-order valence-corrected chi connectivity index (χ3v) is 1.65. The maximum absolute atomic E-state index is 10.8. The first-order valence-electron chi connectivity index (χ1n) is 3.35. The third kappa shape index (κ3) is 1.21. The van der Waals surface area contributed by atoms with Crippen molar-refractivity contribution in [2.24, 2.45) is 0 Å². The second kappa shape index (κ2) is 2.64. The molecular formula is C7H5ClN2O2. The summed E-state index contributed by atoms with van der Waals surface area (Å²) < 4.78 is 5.01. The summed E-state index contributed by atoms with van der Waals surface area (Å²) in [7, 11) is 0. The highest BCUT2D eigenvalue weighted by Gasteiger charge is 2.16. The molecule has 1 amide bonds. The molecule has 12 heavy (non-hydrogen) atoms. The molecule has 0 bridgehead atoms. The van der Waals surface area contributed by atoms with E-state index in [4.69, 9.17) is 16.3 Å². The third-order valence-electron chi connectivity index (χ3n) is 1.44. The number of hydrogen-bond acceptors (Lipinski definition) is 3. The fourth-order valence-electron chi connectivity index (χ4n) is 0.943. The summed E-state index contributed by atoms with van der Waals surface area (Å²) in [5.74, 6) is 0.203. The summed E-state index contributed by atoms with van der Waals surface area (Å²) >= 11 is 5.61. The van der Waals surface area contributed by atoms with Crippen molar-refractivity contribution in [2.75, 3.05) is 11.9 Å². The molecule has 0 saturated carbocycles. The van der Waals surface area contributed by atoms with E-state index in [0.29, 0.717) is 16.7 Å². The van der Waals surface area contributed by atoms with Gasteiger partial charge in [0.2, 0.25) is 5.88 Å². The summed E-state index contributed by atoms with van der Waals surface area (Å²) in [5, 5.41) is 2.95. The number of fused-ring (bicyclic) bond motifs is 1. The lowest BCUT2D eigenvalue weighted by molar-refractivity contribution is -0.118. The number of nitrogens with zero attached hydrogens (tertiary/aromatic N) is 1. The van der Waals surface area contributed by atoms with E-state index < -0.39 is 0 Å². The van der Waals surface area contributed by atoms with E-state index >= 15 is 0 Å². The second-order valence-corrected chi connectivity index (χ2v) is 2.71. The van der Waals surface area contributed by atoms with E-state index in [9.17, 15) is 4.79 Å². The molecule has 1 N–H and O–H groups in total. The van der Waals surface area contributed by atoms with Crippen molar-refractivity contribution in [1.82, 2.24) is 4.98 Å². The zero-order valence-electron chi connectivity index (χ0n) is 6.00.